The summed E-state index contributed by atoms with van der Waals surface area (Å²) in [7, 11) is 0. The zero-order valence-corrected chi connectivity index (χ0v) is 25.7. The Bertz CT molecular complexity index is 1380. The molecule has 0 aromatic heterocycles. The monoisotopic (exact) mass is 612 g/mol. The molecule has 0 aliphatic carbocycles. The summed E-state index contributed by atoms with van der Waals surface area (Å²) in [6.07, 6.45) is 0.0897. The third-order valence-corrected chi connectivity index (χ3v) is 9.64. The zero-order valence-electron chi connectivity index (χ0n) is 22.5. The third-order valence-electron chi connectivity index (χ3n) is 6.61. The highest BCUT2D eigenvalue weighted by molar-refractivity contribution is 8.29. The number of rotatable bonds is 8. The van der Waals surface area contributed by atoms with Crippen LogP contribution in [0.4, 0.5) is 11.4 Å². The fourth-order valence-corrected chi connectivity index (χ4v) is 6.74. The second-order valence-electron chi connectivity index (χ2n) is 9.50. The SMILES string of the molecule is Cc1ccc(NC(=O)CCN2C(=O)C(=C3SC(=S)N(CCC(=O)Nc4ccc(C)c(C)c4)C3=O)SC2=S)cc1C. The number of thioether (sulfide) groups is 2. The normalized spacial score (nSPS) is 17.2. The van der Waals surface area contributed by atoms with Gasteiger partial charge in [-0.3, -0.25) is 29.0 Å². The molecule has 2 aromatic rings. The van der Waals surface area contributed by atoms with E-state index in [0.717, 1.165) is 45.8 Å². The molecule has 2 saturated heterocycles. The molecule has 2 aliphatic rings. The van der Waals surface area contributed by atoms with Crippen molar-refractivity contribution < 1.29 is 19.2 Å². The quantitative estimate of drug-likeness (QED) is 0.310. The Morgan fingerprint density at radius 1 is 0.675 bits per heavy atom. The van der Waals surface area contributed by atoms with Gasteiger partial charge in [0.1, 0.15) is 8.64 Å². The van der Waals surface area contributed by atoms with Gasteiger partial charge in [0.2, 0.25) is 11.8 Å². The Morgan fingerprint density at radius 3 is 1.40 bits per heavy atom. The fourth-order valence-electron chi connectivity index (χ4n) is 3.97. The van der Waals surface area contributed by atoms with Crippen LogP contribution in [0.15, 0.2) is 46.2 Å². The van der Waals surface area contributed by atoms with Crippen molar-refractivity contribution >= 4 is 91.6 Å². The minimum absolute atomic E-state index is 0.0449. The maximum Gasteiger partial charge on any atom is 0.267 e. The number of thiocarbonyl (C=S) groups is 2. The van der Waals surface area contributed by atoms with Crippen LogP contribution in [0.5, 0.6) is 0 Å². The summed E-state index contributed by atoms with van der Waals surface area (Å²) >= 11 is 12.8. The average Bonchev–Trinajstić information content (AvgIpc) is 3.34. The zero-order chi connectivity index (χ0) is 29.1. The van der Waals surface area contributed by atoms with Gasteiger partial charge >= 0.3 is 0 Å². The second kappa shape index (κ2) is 12.6. The highest BCUT2D eigenvalue weighted by Crippen LogP contribution is 2.42. The van der Waals surface area contributed by atoms with Gasteiger partial charge in [-0.1, -0.05) is 60.1 Å². The van der Waals surface area contributed by atoms with Crippen molar-refractivity contribution in [3.8, 4) is 0 Å². The van der Waals surface area contributed by atoms with Crippen molar-refractivity contribution in [2.75, 3.05) is 23.7 Å². The van der Waals surface area contributed by atoms with E-state index in [-0.39, 0.29) is 56.2 Å². The van der Waals surface area contributed by atoms with Gasteiger partial charge in [-0.25, -0.2) is 0 Å². The smallest absolute Gasteiger partial charge is 0.267 e. The van der Waals surface area contributed by atoms with Crippen molar-refractivity contribution in [2.45, 2.75) is 40.5 Å². The first-order valence-corrected chi connectivity index (χ1v) is 15.0. The summed E-state index contributed by atoms with van der Waals surface area (Å²) < 4.78 is 0.550. The Morgan fingerprint density at radius 2 is 1.05 bits per heavy atom. The molecule has 2 heterocycles. The highest BCUT2D eigenvalue weighted by atomic mass is 32.2. The fraction of sp³-hybridized carbons (Fsp3) is 0.286. The average molecular weight is 613 g/mol. The van der Waals surface area contributed by atoms with Gasteiger partial charge in [0.05, 0.1) is 9.81 Å². The number of anilines is 2. The summed E-state index contributed by atoms with van der Waals surface area (Å²) in [5.74, 6) is -1.35. The van der Waals surface area contributed by atoms with Crippen LogP contribution in [-0.4, -0.2) is 55.2 Å². The maximum atomic E-state index is 13.2. The first-order chi connectivity index (χ1) is 18.9. The molecule has 2 aliphatic heterocycles. The van der Waals surface area contributed by atoms with E-state index >= 15 is 0 Å². The van der Waals surface area contributed by atoms with Crippen LogP contribution < -0.4 is 10.6 Å². The van der Waals surface area contributed by atoms with E-state index in [1.807, 2.05) is 64.1 Å². The molecule has 12 heteroatoms. The van der Waals surface area contributed by atoms with Crippen LogP contribution in [0, 0.1) is 27.7 Å². The summed E-state index contributed by atoms with van der Waals surface area (Å²) in [5.41, 5.74) is 5.75. The van der Waals surface area contributed by atoms with Crippen LogP contribution in [0.1, 0.15) is 35.1 Å². The lowest BCUT2D eigenvalue weighted by molar-refractivity contribution is -0.125. The largest absolute Gasteiger partial charge is 0.326 e. The maximum absolute atomic E-state index is 13.2. The van der Waals surface area contributed by atoms with E-state index in [9.17, 15) is 19.2 Å². The van der Waals surface area contributed by atoms with Crippen LogP contribution in [0.2, 0.25) is 0 Å². The van der Waals surface area contributed by atoms with Gasteiger partial charge in [-0.15, -0.1) is 0 Å². The number of aryl methyl sites for hydroxylation is 4. The number of amides is 4. The van der Waals surface area contributed by atoms with Crippen molar-refractivity contribution in [1.29, 1.82) is 0 Å². The molecule has 2 aromatic carbocycles. The molecule has 8 nitrogen and oxygen atoms in total. The third kappa shape index (κ3) is 6.80. The number of carbonyl (C=O) groups is 4. The number of hydrogen-bond donors (Lipinski definition) is 2. The number of carbonyl (C=O) groups excluding carboxylic acids is 4. The number of hydrogen-bond acceptors (Lipinski definition) is 8. The Hall–Kier alpha value is -3.06. The molecule has 2 fully saturated rings. The Labute approximate surface area is 252 Å². The molecule has 0 atom stereocenters. The highest BCUT2D eigenvalue weighted by Gasteiger charge is 2.42. The molecule has 0 bridgehead atoms. The Balaban J connectivity index is 1.34. The van der Waals surface area contributed by atoms with E-state index in [2.05, 4.69) is 10.6 Å². The second-order valence-corrected chi connectivity index (χ2v) is 12.8. The summed E-state index contributed by atoms with van der Waals surface area (Å²) in [6.45, 7) is 8.10. The molecule has 208 valence electrons. The molecular formula is C28H28N4O4S4. The van der Waals surface area contributed by atoms with Gasteiger partial charge in [0.15, 0.2) is 0 Å². The van der Waals surface area contributed by atoms with E-state index < -0.39 is 11.8 Å². The van der Waals surface area contributed by atoms with E-state index in [0.29, 0.717) is 11.4 Å². The summed E-state index contributed by atoms with van der Waals surface area (Å²) in [5, 5.41) is 5.68. The molecule has 0 saturated carbocycles. The predicted molar refractivity (Wildman–Crippen MR) is 169 cm³/mol. The molecule has 0 unspecified atom stereocenters. The van der Waals surface area contributed by atoms with E-state index in [4.69, 9.17) is 24.4 Å². The van der Waals surface area contributed by atoms with Crippen LogP contribution >= 0.6 is 48.0 Å². The van der Waals surface area contributed by atoms with E-state index in [1.165, 1.54) is 9.80 Å². The topological polar surface area (TPSA) is 98.8 Å². The molecule has 0 spiro atoms. The summed E-state index contributed by atoms with van der Waals surface area (Å²) in [4.78, 5) is 54.4. The number of nitrogens with zero attached hydrogens (tertiary/aromatic N) is 2. The van der Waals surface area contributed by atoms with Crippen molar-refractivity contribution in [1.82, 2.24) is 9.80 Å². The van der Waals surface area contributed by atoms with Crippen molar-refractivity contribution in [3.05, 3.63) is 68.5 Å². The van der Waals surface area contributed by atoms with Gasteiger partial charge in [-0.05, 0) is 74.2 Å². The lowest BCUT2D eigenvalue weighted by Gasteiger charge is -2.15. The van der Waals surface area contributed by atoms with Crippen molar-refractivity contribution in [3.63, 3.8) is 0 Å². The lowest BCUT2D eigenvalue weighted by Crippen LogP contribution is -2.33. The molecular weight excluding hydrogens is 585 g/mol. The van der Waals surface area contributed by atoms with Crippen LogP contribution in [-0.2, 0) is 19.2 Å². The molecule has 40 heavy (non-hydrogen) atoms. The minimum Gasteiger partial charge on any atom is -0.326 e. The number of nitrogens with one attached hydrogen (secondary N) is 2. The van der Waals surface area contributed by atoms with E-state index in [1.54, 1.807) is 0 Å². The lowest BCUT2D eigenvalue weighted by atomic mass is 10.1. The summed E-state index contributed by atoms with van der Waals surface area (Å²) in [6, 6.07) is 11.3. The Kier molecular flexibility index (Phi) is 9.44. The molecule has 0 radical (unpaired) electrons. The first-order valence-electron chi connectivity index (χ1n) is 12.5. The first kappa shape index (κ1) is 29.9. The predicted octanol–water partition coefficient (Wildman–Crippen LogP) is 5.21. The van der Waals surface area contributed by atoms with Gasteiger partial charge < -0.3 is 10.6 Å². The van der Waals surface area contributed by atoms with Crippen LogP contribution in [0.3, 0.4) is 0 Å². The van der Waals surface area contributed by atoms with Gasteiger partial charge in [0, 0.05) is 37.3 Å². The van der Waals surface area contributed by atoms with Crippen LogP contribution in [0.25, 0.3) is 0 Å². The molecule has 2 N–H and O–H groups in total. The number of benzene rings is 2. The minimum atomic E-state index is -0.429. The van der Waals surface area contributed by atoms with Gasteiger partial charge in [-0.2, -0.15) is 0 Å². The van der Waals surface area contributed by atoms with Crippen molar-refractivity contribution in [2.24, 2.45) is 0 Å². The molecule has 4 amide bonds. The van der Waals surface area contributed by atoms with Gasteiger partial charge in [0.25, 0.3) is 11.8 Å². The molecule has 4 rings (SSSR count). The standard InChI is InChI=1S/C28H28N4O4S4/c1-15-5-7-19(13-17(15)3)29-21(33)9-11-31-25(35)23(39-27(31)37)24-26(36)32(28(38)40-24)12-10-22(34)30-20-8-6-16(2)18(4)14-20/h5-8,13-14H,9-12H2,1-4H3,(H,29,33)(H,30,34).